The molecule has 2 heterocycles. The second kappa shape index (κ2) is 10.7. The van der Waals surface area contributed by atoms with Gasteiger partial charge in [0, 0.05) is 12.5 Å². The van der Waals surface area contributed by atoms with Crippen LogP contribution in [0.1, 0.15) is 29.9 Å². The normalized spacial score (nSPS) is 31.6. The minimum atomic E-state index is -2.00. The molecule has 6 atom stereocenters. The number of hydrogen-bond acceptors (Lipinski definition) is 7. The van der Waals surface area contributed by atoms with E-state index in [1.165, 1.54) is 24.1 Å². The Bertz CT molecular complexity index is 1600. The van der Waals surface area contributed by atoms with Crippen molar-refractivity contribution in [1.82, 2.24) is 9.80 Å². The van der Waals surface area contributed by atoms with Crippen molar-refractivity contribution in [3.8, 4) is 17.2 Å². The summed E-state index contributed by atoms with van der Waals surface area (Å²) in [7, 11) is 1.35. The molecule has 2 N–H and O–H groups in total. The van der Waals surface area contributed by atoms with Gasteiger partial charge in [-0.2, -0.15) is 0 Å². The van der Waals surface area contributed by atoms with Crippen molar-refractivity contribution in [1.29, 1.82) is 0 Å². The minimum Gasteiger partial charge on any atom is -0.508 e. The van der Waals surface area contributed by atoms with E-state index in [2.05, 4.69) is 15.9 Å². The van der Waals surface area contributed by atoms with E-state index in [0.29, 0.717) is 17.6 Å². The van der Waals surface area contributed by atoms with E-state index in [1.54, 1.807) is 24.3 Å². The van der Waals surface area contributed by atoms with E-state index >= 15 is 0 Å². The SMILES string of the molecule is COc1cc(C2C3=CCC4C(=O)N(CCc5ccc(O)cc5)C(=O)C4C3CC3(Cl)C(=O)N(CBr)C(=O)C23Cl)cc(Cl)c1O. The molecule has 2 saturated heterocycles. The fourth-order valence-electron chi connectivity index (χ4n) is 7.23. The largest absolute Gasteiger partial charge is 0.508 e. The second-order valence-corrected chi connectivity index (χ2v) is 13.4. The molecule has 4 amide bonds. The average Bonchev–Trinajstić information content (AvgIpc) is 3.31. The third kappa shape index (κ3) is 4.24. The Balaban J connectivity index is 1.44. The van der Waals surface area contributed by atoms with Crippen LogP contribution in [0.15, 0.2) is 48.0 Å². The van der Waals surface area contributed by atoms with Crippen LogP contribution in [0.5, 0.6) is 17.2 Å². The topological polar surface area (TPSA) is 124 Å². The summed E-state index contributed by atoms with van der Waals surface area (Å²) in [5, 5.41) is 19.9. The highest BCUT2D eigenvalue weighted by Crippen LogP contribution is 2.66. The molecule has 3 fully saturated rings. The molecule has 2 aliphatic heterocycles. The Morgan fingerprint density at radius 1 is 1.00 bits per heavy atom. The van der Waals surface area contributed by atoms with Crippen molar-refractivity contribution < 1.29 is 34.1 Å². The molecule has 1 saturated carbocycles. The summed E-state index contributed by atoms with van der Waals surface area (Å²) in [6, 6.07) is 9.47. The first-order valence-corrected chi connectivity index (χ1v) is 15.8. The summed E-state index contributed by atoms with van der Waals surface area (Å²) in [6.45, 7) is 0.145. The van der Waals surface area contributed by atoms with E-state index in [4.69, 9.17) is 39.5 Å². The number of rotatable bonds is 6. The molecule has 43 heavy (non-hydrogen) atoms. The highest BCUT2D eigenvalue weighted by Gasteiger charge is 2.76. The van der Waals surface area contributed by atoms with Crippen LogP contribution in [0.4, 0.5) is 0 Å². The predicted octanol–water partition coefficient (Wildman–Crippen LogP) is 4.71. The van der Waals surface area contributed by atoms with Gasteiger partial charge in [0.2, 0.25) is 11.8 Å². The maximum atomic E-state index is 14.0. The van der Waals surface area contributed by atoms with Crippen LogP contribution in [0.2, 0.25) is 5.02 Å². The Kier molecular flexibility index (Phi) is 7.51. The van der Waals surface area contributed by atoms with Gasteiger partial charge in [-0.05, 0) is 60.6 Å². The lowest BCUT2D eigenvalue weighted by atomic mass is 9.56. The first-order chi connectivity index (χ1) is 20.4. The Labute approximate surface area is 270 Å². The maximum Gasteiger partial charge on any atom is 0.254 e. The van der Waals surface area contributed by atoms with Crippen molar-refractivity contribution in [2.45, 2.75) is 34.9 Å². The molecule has 6 unspecified atom stereocenters. The number of imide groups is 2. The van der Waals surface area contributed by atoms with Crippen LogP contribution in [0, 0.1) is 17.8 Å². The van der Waals surface area contributed by atoms with Gasteiger partial charge >= 0.3 is 0 Å². The monoisotopic (exact) mass is 710 g/mol. The number of allylic oxidation sites excluding steroid dienone is 2. The van der Waals surface area contributed by atoms with Gasteiger partial charge < -0.3 is 14.9 Å². The van der Waals surface area contributed by atoms with Gasteiger partial charge in [-0.25, -0.2) is 0 Å². The van der Waals surface area contributed by atoms with Crippen LogP contribution in [-0.4, -0.2) is 72.5 Å². The van der Waals surface area contributed by atoms with Gasteiger partial charge in [0.1, 0.15) is 5.75 Å². The van der Waals surface area contributed by atoms with Crippen LogP contribution in [0.3, 0.4) is 0 Å². The van der Waals surface area contributed by atoms with Crippen LogP contribution in [0.25, 0.3) is 0 Å². The molecular weight excluding hydrogens is 687 g/mol. The van der Waals surface area contributed by atoms with Crippen molar-refractivity contribution in [2.24, 2.45) is 17.8 Å². The summed E-state index contributed by atoms with van der Waals surface area (Å²) in [4.78, 5) is 53.5. The molecule has 4 aliphatic rings. The zero-order valence-electron chi connectivity index (χ0n) is 22.7. The number of likely N-dealkylation sites (tertiary alicyclic amines) is 2. The summed E-state index contributed by atoms with van der Waals surface area (Å²) >= 11 is 24.0. The van der Waals surface area contributed by atoms with E-state index in [9.17, 15) is 29.4 Å². The maximum absolute atomic E-state index is 14.0. The number of carbonyl (C=O) groups is 4. The van der Waals surface area contributed by atoms with Crippen LogP contribution in [-0.2, 0) is 25.6 Å². The zero-order valence-corrected chi connectivity index (χ0v) is 26.6. The third-order valence-electron chi connectivity index (χ3n) is 9.27. The number of alkyl halides is 3. The Hall–Kier alpha value is -2.79. The first-order valence-electron chi connectivity index (χ1n) is 13.6. The molecule has 0 aromatic heterocycles. The number of benzene rings is 2. The fraction of sp³-hybridized carbons (Fsp3) is 0.400. The quantitative estimate of drug-likeness (QED) is 0.193. The smallest absolute Gasteiger partial charge is 0.254 e. The van der Waals surface area contributed by atoms with Crippen molar-refractivity contribution >= 4 is 74.4 Å². The summed E-state index contributed by atoms with van der Waals surface area (Å²) < 4.78 is 5.32. The molecule has 13 heteroatoms. The highest BCUT2D eigenvalue weighted by molar-refractivity contribution is 9.09. The summed E-state index contributed by atoms with van der Waals surface area (Å²) in [6.07, 6.45) is 2.31. The lowest BCUT2D eigenvalue weighted by Gasteiger charge is -2.50. The third-order valence-corrected chi connectivity index (χ3v) is 11.5. The Morgan fingerprint density at radius 2 is 1.70 bits per heavy atom. The number of carbonyl (C=O) groups excluding carboxylic acids is 4. The van der Waals surface area contributed by atoms with Crippen molar-refractivity contribution in [3.05, 3.63) is 64.2 Å². The molecule has 0 radical (unpaired) electrons. The summed E-state index contributed by atoms with van der Waals surface area (Å²) in [5.74, 6) is -5.45. The number of fused-ring (bicyclic) bond motifs is 4. The van der Waals surface area contributed by atoms with Crippen LogP contribution < -0.4 is 4.74 Å². The number of nitrogens with zero attached hydrogens (tertiary/aromatic N) is 2. The molecule has 0 spiro atoms. The van der Waals surface area contributed by atoms with Gasteiger partial charge in [-0.3, -0.25) is 29.0 Å². The number of aromatic hydroxyl groups is 2. The molecule has 9 nitrogen and oxygen atoms in total. The molecule has 2 aromatic rings. The highest BCUT2D eigenvalue weighted by atomic mass is 79.9. The predicted molar refractivity (Wildman–Crippen MR) is 162 cm³/mol. The molecule has 226 valence electrons. The van der Waals surface area contributed by atoms with E-state index in [0.717, 1.165) is 10.5 Å². The lowest BCUT2D eigenvalue weighted by Crippen LogP contribution is -2.60. The minimum absolute atomic E-state index is 0.0287. The second-order valence-electron chi connectivity index (χ2n) is 11.3. The van der Waals surface area contributed by atoms with Gasteiger partial charge in [-0.1, -0.05) is 51.3 Å². The number of ether oxygens (including phenoxy) is 1. The van der Waals surface area contributed by atoms with E-state index < -0.39 is 45.2 Å². The molecule has 2 aliphatic carbocycles. The molecule has 6 rings (SSSR count). The first kappa shape index (κ1) is 30.2. The zero-order chi connectivity index (χ0) is 31.0. The van der Waals surface area contributed by atoms with E-state index in [-0.39, 0.29) is 58.9 Å². The fourth-order valence-corrected chi connectivity index (χ4v) is 8.88. The lowest BCUT2D eigenvalue weighted by molar-refractivity contribution is -0.141. The number of halogens is 4. The number of phenols is 2. The van der Waals surface area contributed by atoms with Crippen molar-refractivity contribution in [3.63, 3.8) is 0 Å². The molecular formula is C30H26BrCl3N2O7. The van der Waals surface area contributed by atoms with Gasteiger partial charge in [0.05, 0.1) is 29.4 Å². The van der Waals surface area contributed by atoms with Crippen LogP contribution >= 0.6 is 50.7 Å². The standard InChI is InChI=1S/C30H26BrCl3N2O7/c1-43-21-11-15(10-20(32)24(21)38)23-17-6-7-18-22(19(17)12-29(33)27(41)36(13-31)28(42)30(23,29)34)26(40)35(25(18)39)9-8-14-2-4-16(37)5-3-14/h2-6,10-11,18-19,22-23,37-38H,7-9,12-13H2,1H3. The van der Waals surface area contributed by atoms with Gasteiger partial charge in [-0.15, -0.1) is 23.2 Å². The van der Waals surface area contributed by atoms with Crippen molar-refractivity contribution in [2.75, 3.05) is 19.1 Å². The summed E-state index contributed by atoms with van der Waals surface area (Å²) in [5.41, 5.74) is 1.68. The molecule has 2 aromatic carbocycles. The number of phenolic OH excluding ortho intramolecular Hbond substituents is 2. The average molecular weight is 713 g/mol. The van der Waals surface area contributed by atoms with Gasteiger partial charge in [0.15, 0.2) is 21.2 Å². The number of hydrogen-bond donors (Lipinski definition) is 2. The molecule has 0 bridgehead atoms. The number of amides is 4. The Morgan fingerprint density at radius 3 is 2.35 bits per heavy atom. The number of methoxy groups -OCH3 is 1. The van der Waals surface area contributed by atoms with Gasteiger partial charge in [0.25, 0.3) is 11.8 Å². The van der Waals surface area contributed by atoms with E-state index in [1.807, 2.05) is 6.08 Å².